The monoisotopic (exact) mass is 400 g/mol. The van der Waals surface area contributed by atoms with Crippen molar-refractivity contribution in [1.29, 1.82) is 0 Å². The number of likely N-dealkylation sites (tertiary alicyclic amines) is 1. The summed E-state index contributed by atoms with van der Waals surface area (Å²) < 4.78 is 0. The molecule has 1 atom stereocenters. The van der Waals surface area contributed by atoms with E-state index in [9.17, 15) is 4.79 Å². The van der Waals surface area contributed by atoms with Gasteiger partial charge in [0, 0.05) is 64.1 Å². The van der Waals surface area contributed by atoms with E-state index in [1.807, 2.05) is 11.8 Å². The number of hydrogen-bond acceptors (Lipinski definition) is 4. The van der Waals surface area contributed by atoms with E-state index in [1.165, 1.54) is 5.69 Å². The molecule has 0 radical (unpaired) electrons. The third-order valence-corrected chi connectivity index (χ3v) is 5.80. The van der Waals surface area contributed by atoms with Crippen molar-refractivity contribution in [1.82, 2.24) is 20.4 Å². The van der Waals surface area contributed by atoms with E-state index in [-0.39, 0.29) is 12.5 Å². The van der Waals surface area contributed by atoms with Crippen LogP contribution < -0.4 is 15.5 Å². The van der Waals surface area contributed by atoms with E-state index in [0.29, 0.717) is 6.04 Å². The van der Waals surface area contributed by atoms with Gasteiger partial charge in [0.2, 0.25) is 5.91 Å². The number of nitrogens with one attached hydrogen (secondary N) is 2. The number of benzene rings is 1. The van der Waals surface area contributed by atoms with Crippen molar-refractivity contribution in [3.63, 3.8) is 0 Å². The van der Waals surface area contributed by atoms with E-state index < -0.39 is 0 Å². The topological polar surface area (TPSA) is 63.2 Å². The molecule has 7 heteroatoms. The molecule has 0 spiro atoms. The highest BCUT2D eigenvalue weighted by Crippen LogP contribution is 2.16. The SMILES string of the molecule is CCNC(=NCC(=O)N1CCCC1)NCC(C)N1CCN(c2ccccc2)CC1. The van der Waals surface area contributed by atoms with Crippen molar-refractivity contribution in [2.75, 3.05) is 63.8 Å². The summed E-state index contributed by atoms with van der Waals surface area (Å²) >= 11 is 0. The third kappa shape index (κ3) is 6.35. The number of para-hydroxylation sites is 1. The van der Waals surface area contributed by atoms with Crippen LogP contribution in [0.4, 0.5) is 5.69 Å². The van der Waals surface area contributed by atoms with E-state index in [0.717, 1.165) is 71.2 Å². The van der Waals surface area contributed by atoms with Crippen molar-refractivity contribution in [2.45, 2.75) is 32.7 Å². The molecule has 0 bridgehead atoms. The van der Waals surface area contributed by atoms with Crippen LogP contribution in [0.5, 0.6) is 0 Å². The number of aliphatic imine (C=N–C) groups is 1. The van der Waals surface area contributed by atoms with E-state index in [1.54, 1.807) is 0 Å². The molecular weight excluding hydrogens is 364 g/mol. The lowest BCUT2D eigenvalue weighted by Crippen LogP contribution is -2.53. The van der Waals surface area contributed by atoms with Crippen LogP contribution in [0.2, 0.25) is 0 Å². The maximum atomic E-state index is 12.2. The van der Waals surface area contributed by atoms with Gasteiger partial charge >= 0.3 is 0 Å². The molecule has 2 saturated heterocycles. The van der Waals surface area contributed by atoms with Crippen LogP contribution in [0.3, 0.4) is 0 Å². The van der Waals surface area contributed by atoms with E-state index >= 15 is 0 Å². The highest BCUT2D eigenvalue weighted by Gasteiger charge is 2.21. The minimum atomic E-state index is 0.129. The van der Waals surface area contributed by atoms with Gasteiger partial charge < -0.3 is 20.4 Å². The molecule has 2 aliphatic heterocycles. The molecule has 7 nitrogen and oxygen atoms in total. The number of guanidine groups is 1. The molecule has 2 N–H and O–H groups in total. The van der Waals surface area contributed by atoms with Crippen LogP contribution in [-0.4, -0.2) is 86.6 Å². The number of nitrogens with zero attached hydrogens (tertiary/aromatic N) is 4. The summed E-state index contributed by atoms with van der Waals surface area (Å²) in [6.07, 6.45) is 2.23. The smallest absolute Gasteiger partial charge is 0.244 e. The summed E-state index contributed by atoms with van der Waals surface area (Å²) in [4.78, 5) is 23.6. The van der Waals surface area contributed by atoms with Crippen molar-refractivity contribution in [3.05, 3.63) is 30.3 Å². The maximum Gasteiger partial charge on any atom is 0.244 e. The van der Waals surface area contributed by atoms with Crippen LogP contribution in [0, 0.1) is 0 Å². The molecule has 2 heterocycles. The molecule has 160 valence electrons. The van der Waals surface area contributed by atoms with E-state index in [2.05, 4.69) is 62.7 Å². The highest BCUT2D eigenvalue weighted by atomic mass is 16.2. The Morgan fingerprint density at radius 3 is 2.38 bits per heavy atom. The Morgan fingerprint density at radius 2 is 1.72 bits per heavy atom. The van der Waals surface area contributed by atoms with Gasteiger partial charge in [-0.1, -0.05) is 18.2 Å². The molecule has 29 heavy (non-hydrogen) atoms. The standard InChI is InChI=1S/C22H36N6O/c1-3-23-22(25-18-21(29)28-11-7-8-12-28)24-17-19(2)26-13-15-27(16-14-26)20-9-5-4-6-10-20/h4-6,9-10,19H,3,7-8,11-18H2,1-2H3,(H2,23,24,25). The average Bonchev–Trinajstić information content (AvgIpc) is 3.31. The second-order valence-electron chi connectivity index (χ2n) is 7.87. The van der Waals surface area contributed by atoms with Crippen molar-refractivity contribution in [2.24, 2.45) is 4.99 Å². The molecule has 0 saturated carbocycles. The normalized spacial score (nSPS) is 19.3. The van der Waals surface area contributed by atoms with Gasteiger partial charge in [-0.2, -0.15) is 0 Å². The Kier molecular flexibility index (Phi) is 8.16. The number of anilines is 1. The first-order valence-electron chi connectivity index (χ1n) is 11.0. The van der Waals surface area contributed by atoms with Gasteiger partial charge in [0.15, 0.2) is 5.96 Å². The molecule has 0 aromatic heterocycles. The van der Waals surface area contributed by atoms with Gasteiger partial charge in [0.05, 0.1) is 0 Å². The predicted octanol–water partition coefficient (Wildman–Crippen LogP) is 1.37. The largest absolute Gasteiger partial charge is 0.369 e. The first-order chi connectivity index (χ1) is 14.2. The van der Waals surface area contributed by atoms with Crippen molar-refractivity contribution in [3.8, 4) is 0 Å². The summed E-state index contributed by atoms with van der Waals surface area (Å²) in [6, 6.07) is 11.0. The Bertz CT molecular complexity index is 651. The van der Waals surface area contributed by atoms with Gasteiger partial charge in [0.25, 0.3) is 0 Å². The number of amides is 1. The molecular formula is C22H36N6O. The van der Waals surface area contributed by atoms with Crippen LogP contribution in [0.15, 0.2) is 35.3 Å². The molecule has 0 aliphatic carbocycles. The van der Waals surface area contributed by atoms with E-state index in [4.69, 9.17) is 0 Å². The van der Waals surface area contributed by atoms with Gasteiger partial charge in [-0.3, -0.25) is 9.69 Å². The summed E-state index contributed by atoms with van der Waals surface area (Å²) in [7, 11) is 0. The highest BCUT2D eigenvalue weighted by molar-refractivity contribution is 5.85. The zero-order chi connectivity index (χ0) is 20.5. The molecule has 1 amide bonds. The number of hydrogen-bond donors (Lipinski definition) is 2. The molecule has 1 unspecified atom stereocenters. The molecule has 3 rings (SSSR count). The minimum absolute atomic E-state index is 0.129. The Morgan fingerprint density at radius 1 is 1.03 bits per heavy atom. The van der Waals surface area contributed by atoms with Gasteiger partial charge in [0.1, 0.15) is 6.54 Å². The van der Waals surface area contributed by atoms with Crippen molar-refractivity contribution >= 4 is 17.6 Å². The summed E-state index contributed by atoms with van der Waals surface area (Å²) in [6.45, 7) is 12.1. The molecule has 1 aromatic rings. The fourth-order valence-corrected chi connectivity index (χ4v) is 3.99. The summed E-state index contributed by atoms with van der Waals surface area (Å²) in [5.74, 6) is 0.861. The molecule has 2 fully saturated rings. The number of carbonyl (C=O) groups excluding carboxylic acids is 1. The second kappa shape index (κ2) is 11.0. The van der Waals surface area contributed by atoms with Crippen LogP contribution >= 0.6 is 0 Å². The molecule has 2 aliphatic rings. The second-order valence-corrected chi connectivity index (χ2v) is 7.87. The lowest BCUT2D eigenvalue weighted by atomic mass is 10.2. The summed E-state index contributed by atoms with van der Waals surface area (Å²) in [5.41, 5.74) is 1.31. The lowest BCUT2D eigenvalue weighted by Gasteiger charge is -2.39. The number of piperazine rings is 1. The minimum Gasteiger partial charge on any atom is -0.369 e. The zero-order valence-electron chi connectivity index (χ0n) is 17.9. The van der Waals surface area contributed by atoms with Crippen LogP contribution in [-0.2, 0) is 4.79 Å². The molecule has 1 aromatic carbocycles. The van der Waals surface area contributed by atoms with Gasteiger partial charge in [-0.15, -0.1) is 0 Å². The number of rotatable bonds is 7. The fraction of sp³-hybridized carbons (Fsp3) is 0.636. The first-order valence-corrected chi connectivity index (χ1v) is 11.0. The summed E-state index contributed by atoms with van der Waals surface area (Å²) in [5, 5.41) is 6.68. The lowest BCUT2D eigenvalue weighted by molar-refractivity contribution is -0.128. The first kappa shape index (κ1) is 21.4. The quantitative estimate of drug-likeness (QED) is 0.535. The Balaban J connectivity index is 1.43. The zero-order valence-corrected chi connectivity index (χ0v) is 17.9. The third-order valence-electron chi connectivity index (χ3n) is 5.80. The van der Waals surface area contributed by atoms with Crippen LogP contribution in [0.25, 0.3) is 0 Å². The Hall–Kier alpha value is -2.28. The fourth-order valence-electron chi connectivity index (χ4n) is 3.99. The average molecular weight is 401 g/mol. The van der Waals surface area contributed by atoms with Crippen molar-refractivity contribution < 1.29 is 4.79 Å². The van der Waals surface area contributed by atoms with Crippen LogP contribution in [0.1, 0.15) is 26.7 Å². The van der Waals surface area contributed by atoms with Gasteiger partial charge in [-0.25, -0.2) is 4.99 Å². The Labute approximate surface area is 175 Å². The number of carbonyl (C=O) groups is 1. The van der Waals surface area contributed by atoms with Gasteiger partial charge in [-0.05, 0) is 38.8 Å². The predicted molar refractivity (Wildman–Crippen MR) is 119 cm³/mol. The maximum absolute atomic E-state index is 12.2.